The number of H-pyrrole nitrogens is 1. The first kappa shape index (κ1) is 20.8. The van der Waals surface area contributed by atoms with Crippen LogP contribution in [-0.4, -0.2) is 34.0 Å². The second-order valence-corrected chi connectivity index (χ2v) is 9.09. The van der Waals surface area contributed by atoms with Crippen LogP contribution in [0, 0.1) is 5.82 Å². The molecule has 2 aliphatic heterocycles. The highest BCUT2D eigenvalue weighted by molar-refractivity contribution is 5.91. The van der Waals surface area contributed by atoms with E-state index >= 15 is 0 Å². The third-order valence-electron chi connectivity index (χ3n) is 6.91. The van der Waals surface area contributed by atoms with E-state index in [0.29, 0.717) is 6.04 Å². The van der Waals surface area contributed by atoms with Gasteiger partial charge in [0, 0.05) is 48.8 Å². The number of hydrogen-bond donors (Lipinski definition) is 1. The van der Waals surface area contributed by atoms with E-state index in [0.717, 1.165) is 48.3 Å². The van der Waals surface area contributed by atoms with Gasteiger partial charge in [0.25, 0.3) is 0 Å². The summed E-state index contributed by atoms with van der Waals surface area (Å²) >= 11 is 0. The maximum absolute atomic E-state index is 13.6. The van der Waals surface area contributed by atoms with Gasteiger partial charge in [-0.15, -0.1) is 0 Å². The summed E-state index contributed by atoms with van der Waals surface area (Å²) in [7, 11) is 0. The van der Waals surface area contributed by atoms with E-state index in [1.54, 1.807) is 0 Å². The lowest BCUT2D eigenvalue weighted by atomic mass is 9.90. The summed E-state index contributed by atoms with van der Waals surface area (Å²) in [5.41, 5.74) is 9.63. The zero-order valence-electron chi connectivity index (χ0n) is 18.9. The largest absolute Gasteiger partial charge is 0.360 e. The van der Waals surface area contributed by atoms with E-state index in [2.05, 4.69) is 63.5 Å². The molecule has 1 atom stereocenters. The molecule has 168 valence electrons. The lowest BCUT2D eigenvalue weighted by Crippen LogP contribution is -2.32. The average Bonchev–Trinajstić information content (AvgIpc) is 3.49. The first-order valence-corrected chi connectivity index (χ1v) is 11.8. The van der Waals surface area contributed by atoms with Crippen molar-refractivity contribution in [1.82, 2.24) is 14.9 Å². The second-order valence-electron chi connectivity index (χ2n) is 9.09. The maximum Gasteiger partial charge on any atom is 0.123 e. The minimum absolute atomic E-state index is 0.225. The third kappa shape index (κ3) is 4.02. The van der Waals surface area contributed by atoms with Gasteiger partial charge in [-0.2, -0.15) is 0 Å². The molecule has 0 radical (unpaired) electrons. The van der Waals surface area contributed by atoms with Gasteiger partial charge in [-0.05, 0) is 71.5 Å². The molecule has 2 aliphatic rings. The molecule has 3 nitrogen and oxygen atoms in total. The first-order chi connectivity index (χ1) is 16.7. The van der Waals surface area contributed by atoms with Crippen molar-refractivity contribution < 1.29 is 4.39 Å². The Kier molecular flexibility index (Phi) is 5.44. The van der Waals surface area contributed by atoms with Crippen molar-refractivity contribution in [1.29, 1.82) is 0 Å². The number of pyridine rings is 1. The Morgan fingerprint density at radius 3 is 2.53 bits per heavy atom. The average molecular weight is 448 g/mol. The molecule has 1 unspecified atom stereocenters. The highest BCUT2D eigenvalue weighted by atomic mass is 19.1. The number of benzene rings is 2. The van der Waals surface area contributed by atoms with Crippen LogP contribution in [-0.2, 0) is 0 Å². The summed E-state index contributed by atoms with van der Waals surface area (Å²) < 4.78 is 13.6. The number of rotatable bonds is 4. The van der Waals surface area contributed by atoms with Crippen molar-refractivity contribution in [3.05, 3.63) is 114 Å². The number of nitrogens with one attached hydrogen (secondary N) is 1. The minimum atomic E-state index is -0.225. The van der Waals surface area contributed by atoms with E-state index in [-0.39, 0.29) is 5.82 Å². The molecule has 0 aliphatic carbocycles. The highest BCUT2D eigenvalue weighted by Crippen LogP contribution is 2.41. The quantitative estimate of drug-likeness (QED) is 0.372. The van der Waals surface area contributed by atoms with Crippen LogP contribution >= 0.6 is 0 Å². The van der Waals surface area contributed by atoms with E-state index in [1.807, 2.05) is 36.7 Å². The molecule has 0 amide bonds. The summed E-state index contributed by atoms with van der Waals surface area (Å²) in [6, 6.07) is 21.8. The van der Waals surface area contributed by atoms with Crippen molar-refractivity contribution in [3.63, 3.8) is 0 Å². The number of aromatic nitrogens is 2. The van der Waals surface area contributed by atoms with Crippen molar-refractivity contribution >= 4 is 11.6 Å². The molecule has 0 saturated carbocycles. The van der Waals surface area contributed by atoms with Gasteiger partial charge in [0.05, 0.1) is 5.69 Å². The van der Waals surface area contributed by atoms with Gasteiger partial charge in [0.1, 0.15) is 5.82 Å². The Bertz CT molecular complexity index is 1350. The molecule has 6 rings (SSSR count). The molecule has 1 saturated heterocycles. The molecule has 0 bridgehead atoms. The van der Waals surface area contributed by atoms with Gasteiger partial charge in [0.15, 0.2) is 0 Å². The van der Waals surface area contributed by atoms with Crippen LogP contribution < -0.4 is 0 Å². The summed E-state index contributed by atoms with van der Waals surface area (Å²) in [4.78, 5) is 10.3. The zero-order chi connectivity index (χ0) is 22.9. The van der Waals surface area contributed by atoms with Crippen LogP contribution in [0.25, 0.3) is 34.0 Å². The molecule has 4 aromatic rings. The molecule has 4 heteroatoms. The molecule has 4 heterocycles. The van der Waals surface area contributed by atoms with Crippen LogP contribution in [0.1, 0.15) is 24.0 Å². The summed E-state index contributed by atoms with van der Waals surface area (Å²) in [5.74, 6) is -0.225. The lowest BCUT2D eigenvalue weighted by molar-refractivity contribution is 0.290. The summed E-state index contributed by atoms with van der Waals surface area (Å²) in [5, 5.41) is 0. The molecule has 0 spiro atoms. The highest BCUT2D eigenvalue weighted by Gasteiger charge is 2.31. The van der Waals surface area contributed by atoms with E-state index in [1.165, 1.54) is 34.4 Å². The zero-order valence-corrected chi connectivity index (χ0v) is 18.9. The van der Waals surface area contributed by atoms with E-state index in [9.17, 15) is 4.39 Å². The number of fused-ring (bicyclic) bond motifs is 1. The van der Waals surface area contributed by atoms with E-state index < -0.39 is 0 Å². The predicted molar refractivity (Wildman–Crippen MR) is 136 cm³/mol. The van der Waals surface area contributed by atoms with Crippen LogP contribution in [0.15, 0.2) is 97.0 Å². The van der Waals surface area contributed by atoms with E-state index in [4.69, 9.17) is 0 Å². The standard InChI is InChI=1S/C30H26FN3/c31-26-8-6-24(7-9-26)30-29(23-10-13-32-14-11-23)28(19-33-30)25-12-15-34-20-22(17-27(34)18-25)16-21-4-2-1-3-5-21/h1-11,13-14,16,18-19,27,33H,12,15,17,20H2. The number of halogens is 1. The molecule has 2 aromatic carbocycles. The van der Waals surface area contributed by atoms with Gasteiger partial charge in [-0.1, -0.05) is 48.1 Å². The predicted octanol–water partition coefficient (Wildman–Crippen LogP) is 6.83. The Labute approximate surface area is 199 Å². The molecular formula is C30H26FN3. The topological polar surface area (TPSA) is 31.9 Å². The second kappa shape index (κ2) is 8.88. The third-order valence-corrected chi connectivity index (χ3v) is 6.91. The van der Waals surface area contributed by atoms with Crippen molar-refractivity contribution in [2.24, 2.45) is 0 Å². The fourth-order valence-corrected chi connectivity index (χ4v) is 5.28. The molecular weight excluding hydrogens is 421 g/mol. The maximum atomic E-state index is 13.6. The SMILES string of the molecule is Fc1ccc(-c2[nH]cc(C3=CC4CC(=Cc5ccccc5)CN4CC3)c2-c2ccncc2)cc1. The monoisotopic (exact) mass is 447 g/mol. The van der Waals surface area contributed by atoms with Crippen LogP contribution in [0.4, 0.5) is 4.39 Å². The van der Waals surface area contributed by atoms with Crippen molar-refractivity contribution in [3.8, 4) is 22.4 Å². The Morgan fingerprint density at radius 1 is 0.941 bits per heavy atom. The smallest absolute Gasteiger partial charge is 0.123 e. The van der Waals surface area contributed by atoms with Gasteiger partial charge >= 0.3 is 0 Å². The van der Waals surface area contributed by atoms with Crippen LogP contribution in [0.5, 0.6) is 0 Å². The Morgan fingerprint density at radius 2 is 1.74 bits per heavy atom. The van der Waals surface area contributed by atoms with Gasteiger partial charge in [-0.25, -0.2) is 4.39 Å². The number of nitrogens with zero attached hydrogens (tertiary/aromatic N) is 2. The minimum Gasteiger partial charge on any atom is -0.360 e. The van der Waals surface area contributed by atoms with Crippen molar-refractivity contribution in [2.45, 2.75) is 18.9 Å². The molecule has 1 N–H and O–H groups in total. The Hall–Kier alpha value is -3.76. The molecule has 34 heavy (non-hydrogen) atoms. The number of hydrogen-bond acceptors (Lipinski definition) is 2. The summed E-state index contributed by atoms with van der Waals surface area (Å²) in [6.07, 6.45) is 12.6. The summed E-state index contributed by atoms with van der Waals surface area (Å²) in [6.45, 7) is 2.09. The van der Waals surface area contributed by atoms with Crippen LogP contribution in [0.2, 0.25) is 0 Å². The number of aromatic amines is 1. The van der Waals surface area contributed by atoms with Gasteiger partial charge in [-0.3, -0.25) is 9.88 Å². The van der Waals surface area contributed by atoms with Gasteiger partial charge < -0.3 is 4.98 Å². The fourth-order valence-electron chi connectivity index (χ4n) is 5.28. The molecule has 1 fully saturated rings. The first-order valence-electron chi connectivity index (χ1n) is 11.8. The van der Waals surface area contributed by atoms with Gasteiger partial charge in [0.2, 0.25) is 0 Å². The van der Waals surface area contributed by atoms with Crippen LogP contribution in [0.3, 0.4) is 0 Å². The van der Waals surface area contributed by atoms with Crippen molar-refractivity contribution in [2.75, 3.05) is 13.1 Å². The molecule has 2 aromatic heterocycles. The Balaban J connectivity index is 1.37. The normalized spacial score (nSPS) is 19.3. The fraction of sp³-hybridized carbons (Fsp3) is 0.167. The lowest BCUT2D eigenvalue weighted by Gasteiger charge is -2.28.